The van der Waals surface area contributed by atoms with Gasteiger partial charge in [-0.2, -0.15) is 0 Å². The number of aromatic amines is 1. The monoisotopic (exact) mass is 197 g/mol. The van der Waals surface area contributed by atoms with Gasteiger partial charge < -0.3 is 4.98 Å². The molecule has 0 amide bonds. The number of H-pyrrole nitrogens is 1. The standard InChI is InChI=1S/C14H15N/c1-9-3-5-13-11(7-9)12-8-10(2)4-6-14(12)15-13/h3-7,10,15H,8H2,1-2H3. The Kier molecular flexibility index (Phi) is 1.75. The molecule has 0 fully saturated rings. The molecule has 1 unspecified atom stereocenters. The second kappa shape index (κ2) is 2.99. The van der Waals surface area contributed by atoms with Gasteiger partial charge in [-0.05, 0) is 43.0 Å². The first-order valence-electron chi connectivity index (χ1n) is 5.53. The van der Waals surface area contributed by atoms with E-state index in [0.717, 1.165) is 6.42 Å². The SMILES string of the molecule is Cc1ccc2[nH]c3c(c2c1)CC(C)C=C3. The quantitative estimate of drug-likeness (QED) is 0.663. The highest BCUT2D eigenvalue weighted by molar-refractivity contribution is 5.88. The molecule has 0 spiro atoms. The maximum absolute atomic E-state index is 3.48. The number of hydrogen-bond donors (Lipinski definition) is 1. The minimum Gasteiger partial charge on any atom is -0.355 e. The van der Waals surface area contributed by atoms with Crippen LogP contribution in [0.25, 0.3) is 17.0 Å². The van der Waals surface area contributed by atoms with Gasteiger partial charge in [-0.3, -0.25) is 0 Å². The topological polar surface area (TPSA) is 15.8 Å². The molecule has 2 aromatic rings. The highest BCUT2D eigenvalue weighted by Crippen LogP contribution is 2.30. The lowest BCUT2D eigenvalue weighted by Crippen LogP contribution is -2.01. The Morgan fingerprint density at radius 2 is 2.20 bits per heavy atom. The molecule has 76 valence electrons. The number of allylic oxidation sites excluding steroid dienone is 1. The minimum atomic E-state index is 0.664. The van der Waals surface area contributed by atoms with Crippen molar-refractivity contribution < 1.29 is 0 Å². The Balaban J connectivity index is 2.31. The summed E-state index contributed by atoms with van der Waals surface area (Å²) in [6, 6.07) is 6.63. The van der Waals surface area contributed by atoms with Gasteiger partial charge in [-0.15, -0.1) is 0 Å². The summed E-state index contributed by atoms with van der Waals surface area (Å²) >= 11 is 0. The molecular formula is C14H15N. The Bertz CT molecular complexity index is 546. The first kappa shape index (κ1) is 8.78. The Morgan fingerprint density at radius 3 is 3.07 bits per heavy atom. The maximum Gasteiger partial charge on any atom is 0.0461 e. The van der Waals surface area contributed by atoms with E-state index in [0.29, 0.717) is 5.92 Å². The van der Waals surface area contributed by atoms with Crippen LogP contribution < -0.4 is 0 Å². The van der Waals surface area contributed by atoms with Gasteiger partial charge >= 0.3 is 0 Å². The fourth-order valence-corrected chi connectivity index (χ4v) is 2.40. The molecule has 1 aliphatic carbocycles. The van der Waals surface area contributed by atoms with E-state index in [1.165, 1.54) is 27.7 Å². The molecule has 1 heteroatoms. The molecule has 0 radical (unpaired) electrons. The molecule has 0 saturated carbocycles. The number of hydrogen-bond acceptors (Lipinski definition) is 0. The lowest BCUT2D eigenvalue weighted by atomic mass is 9.93. The zero-order chi connectivity index (χ0) is 10.4. The van der Waals surface area contributed by atoms with Gasteiger partial charge in [0.2, 0.25) is 0 Å². The summed E-state index contributed by atoms with van der Waals surface area (Å²) in [4.78, 5) is 3.48. The first-order chi connectivity index (χ1) is 7.24. The van der Waals surface area contributed by atoms with Crippen molar-refractivity contribution in [2.24, 2.45) is 5.92 Å². The van der Waals surface area contributed by atoms with Crippen LogP contribution in [0.3, 0.4) is 0 Å². The summed E-state index contributed by atoms with van der Waals surface area (Å²) in [6.07, 6.45) is 5.67. The molecule has 15 heavy (non-hydrogen) atoms. The third-order valence-corrected chi connectivity index (χ3v) is 3.21. The Morgan fingerprint density at radius 1 is 1.33 bits per heavy atom. The van der Waals surface area contributed by atoms with Crippen LogP contribution in [0.5, 0.6) is 0 Å². The van der Waals surface area contributed by atoms with Gasteiger partial charge in [0.1, 0.15) is 0 Å². The molecule has 1 atom stereocenters. The van der Waals surface area contributed by atoms with E-state index in [1.54, 1.807) is 0 Å². The summed E-state index contributed by atoms with van der Waals surface area (Å²) in [7, 11) is 0. The van der Waals surface area contributed by atoms with Crippen molar-refractivity contribution in [1.29, 1.82) is 0 Å². The highest BCUT2D eigenvalue weighted by atomic mass is 14.7. The van der Waals surface area contributed by atoms with Crippen LogP contribution in [0.4, 0.5) is 0 Å². The Labute approximate surface area is 89.8 Å². The van der Waals surface area contributed by atoms with Gasteiger partial charge in [0.25, 0.3) is 0 Å². The van der Waals surface area contributed by atoms with Crippen LogP contribution in [-0.4, -0.2) is 4.98 Å². The normalized spacial score (nSPS) is 19.5. The van der Waals surface area contributed by atoms with Crippen LogP contribution in [0.15, 0.2) is 24.3 Å². The van der Waals surface area contributed by atoms with E-state index < -0.39 is 0 Å². The van der Waals surface area contributed by atoms with Crippen molar-refractivity contribution in [3.63, 3.8) is 0 Å². The number of rotatable bonds is 0. The van der Waals surface area contributed by atoms with Gasteiger partial charge in [-0.1, -0.05) is 24.6 Å². The fraction of sp³-hybridized carbons (Fsp3) is 0.286. The third kappa shape index (κ3) is 1.30. The van der Waals surface area contributed by atoms with Crippen molar-refractivity contribution >= 4 is 17.0 Å². The van der Waals surface area contributed by atoms with Crippen LogP contribution in [0.2, 0.25) is 0 Å². The first-order valence-corrected chi connectivity index (χ1v) is 5.53. The maximum atomic E-state index is 3.48. The zero-order valence-corrected chi connectivity index (χ0v) is 9.17. The number of nitrogens with one attached hydrogen (secondary N) is 1. The number of aromatic nitrogens is 1. The smallest absolute Gasteiger partial charge is 0.0461 e. The molecule has 1 aromatic heterocycles. The largest absolute Gasteiger partial charge is 0.355 e. The van der Waals surface area contributed by atoms with Crippen molar-refractivity contribution in [1.82, 2.24) is 4.98 Å². The zero-order valence-electron chi connectivity index (χ0n) is 9.17. The average molecular weight is 197 g/mol. The summed E-state index contributed by atoms with van der Waals surface area (Å²) in [5.74, 6) is 0.664. The lowest BCUT2D eigenvalue weighted by molar-refractivity contribution is 0.720. The molecule has 0 saturated heterocycles. The average Bonchev–Trinajstić information content (AvgIpc) is 2.56. The van der Waals surface area contributed by atoms with Gasteiger partial charge in [0.05, 0.1) is 0 Å². The van der Waals surface area contributed by atoms with E-state index in [-0.39, 0.29) is 0 Å². The molecule has 1 aromatic carbocycles. The van der Waals surface area contributed by atoms with Crippen LogP contribution in [0, 0.1) is 12.8 Å². The number of benzene rings is 1. The van der Waals surface area contributed by atoms with Gasteiger partial charge in [-0.25, -0.2) is 0 Å². The second-order valence-corrected chi connectivity index (χ2v) is 4.61. The minimum absolute atomic E-state index is 0.664. The molecule has 1 nitrogen and oxygen atoms in total. The second-order valence-electron chi connectivity index (χ2n) is 4.61. The molecular weight excluding hydrogens is 182 g/mol. The number of aryl methyl sites for hydroxylation is 1. The molecule has 1 heterocycles. The van der Waals surface area contributed by atoms with Gasteiger partial charge in [0, 0.05) is 16.6 Å². The van der Waals surface area contributed by atoms with E-state index in [4.69, 9.17) is 0 Å². The summed E-state index contributed by atoms with van der Waals surface area (Å²) in [6.45, 7) is 4.43. The van der Waals surface area contributed by atoms with Crippen LogP contribution in [-0.2, 0) is 6.42 Å². The molecule has 3 rings (SSSR count). The van der Waals surface area contributed by atoms with E-state index >= 15 is 0 Å². The highest BCUT2D eigenvalue weighted by Gasteiger charge is 2.15. The van der Waals surface area contributed by atoms with E-state index in [2.05, 4.69) is 49.2 Å². The van der Waals surface area contributed by atoms with E-state index in [1.807, 2.05) is 0 Å². The summed E-state index contributed by atoms with van der Waals surface area (Å²) in [5.41, 5.74) is 5.40. The van der Waals surface area contributed by atoms with Crippen LogP contribution in [0.1, 0.15) is 23.7 Å². The Hall–Kier alpha value is -1.50. The van der Waals surface area contributed by atoms with Crippen molar-refractivity contribution in [3.05, 3.63) is 41.1 Å². The molecule has 0 bridgehead atoms. The predicted molar refractivity (Wildman–Crippen MR) is 64.9 cm³/mol. The summed E-state index contributed by atoms with van der Waals surface area (Å²) in [5, 5.41) is 1.40. The van der Waals surface area contributed by atoms with Crippen molar-refractivity contribution in [2.75, 3.05) is 0 Å². The number of fused-ring (bicyclic) bond motifs is 3. The third-order valence-electron chi connectivity index (χ3n) is 3.21. The van der Waals surface area contributed by atoms with Crippen molar-refractivity contribution in [3.8, 4) is 0 Å². The van der Waals surface area contributed by atoms with Crippen LogP contribution >= 0.6 is 0 Å². The molecule has 1 N–H and O–H groups in total. The molecule has 1 aliphatic rings. The predicted octanol–water partition coefficient (Wildman–Crippen LogP) is 3.68. The lowest BCUT2D eigenvalue weighted by Gasteiger charge is -2.11. The molecule has 0 aliphatic heterocycles. The van der Waals surface area contributed by atoms with Crippen molar-refractivity contribution in [2.45, 2.75) is 20.3 Å². The van der Waals surface area contributed by atoms with Gasteiger partial charge in [0.15, 0.2) is 0 Å². The summed E-state index contributed by atoms with van der Waals surface area (Å²) < 4.78 is 0. The fourth-order valence-electron chi connectivity index (χ4n) is 2.40. The van der Waals surface area contributed by atoms with E-state index in [9.17, 15) is 0 Å².